The van der Waals surface area contributed by atoms with Crippen LogP contribution in [0.1, 0.15) is 5.69 Å². The summed E-state index contributed by atoms with van der Waals surface area (Å²) in [5.41, 5.74) is -1.37. The number of esters is 1. The monoisotopic (exact) mass is 449 g/mol. The second-order valence-electron chi connectivity index (χ2n) is 6.31. The van der Waals surface area contributed by atoms with E-state index in [1.165, 1.54) is 37.1 Å². The zero-order chi connectivity index (χ0) is 22.7. The number of hydrogen-bond donors (Lipinski definition) is 0. The summed E-state index contributed by atoms with van der Waals surface area (Å²) in [4.78, 5) is 40.2. The molecule has 3 aromatic rings. The quantitative estimate of drug-likeness (QED) is 0.532. The van der Waals surface area contributed by atoms with Gasteiger partial charge in [-0.05, 0) is 25.1 Å². The van der Waals surface area contributed by atoms with Gasteiger partial charge >= 0.3 is 11.7 Å². The third-order valence-electron chi connectivity index (χ3n) is 4.31. The highest BCUT2D eigenvalue weighted by Gasteiger charge is 2.18. The van der Waals surface area contributed by atoms with E-state index in [9.17, 15) is 18.8 Å². The number of benzene rings is 1. The van der Waals surface area contributed by atoms with Crippen LogP contribution < -0.4 is 20.7 Å². The number of aryl methyl sites for hydroxylation is 1. The van der Waals surface area contributed by atoms with Gasteiger partial charge in [0.1, 0.15) is 11.6 Å². The summed E-state index contributed by atoms with van der Waals surface area (Å²) in [6, 6.07) is 6.26. The van der Waals surface area contributed by atoms with E-state index in [1.807, 2.05) is 0 Å². The summed E-state index contributed by atoms with van der Waals surface area (Å²) in [5, 5.41) is -0.124. The van der Waals surface area contributed by atoms with Gasteiger partial charge in [0.05, 0.1) is 17.8 Å². The Hall–Kier alpha value is -3.66. The topological polar surface area (TPSA) is 102 Å². The number of rotatable bonds is 6. The van der Waals surface area contributed by atoms with Crippen LogP contribution >= 0.6 is 11.6 Å². The maximum atomic E-state index is 14.6. The van der Waals surface area contributed by atoms with Gasteiger partial charge < -0.3 is 18.8 Å². The van der Waals surface area contributed by atoms with Crippen LogP contribution in [0.4, 0.5) is 4.39 Å². The average Bonchev–Trinajstić information content (AvgIpc) is 2.74. The van der Waals surface area contributed by atoms with Gasteiger partial charge in [0.15, 0.2) is 12.4 Å². The fourth-order valence-corrected chi connectivity index (χ4v) is 2.78. The highest BCUT2D eigenvalue weighted by Crippen LogP contribution is 2.35. The van der Waals surface area contributed by atoms with Gasteiger partial charge in [-0.1, -0.05) is 11.6 Å². The Morgan fingerprint density at radius 2 is 1.97 bits per heavy atom. The van der Waals surface area contributed by atoms with Crippen LogP contribution in [0, 0.1) is 12.7 Å². The molecular formula is C20H17ClFN3O6. The minimum atomic E-state index is -0.895. The van der Waals surface area contributed by atoms with Gasteiger partial charge in [-0.3, -0.25) is 4.79 Å². The van der Waals surface area contributed by atoms with Gasteiger partial charge in [0.25, 0.3) is 11.4 Å². The second kappa shape index (κ2) is 9.00. The van der Waals surface area contributed by atoms with Crippen molar-refractivity contribution in [2.75, 3.05) is 13.7 Å². The zero-order valence-electron chi connectivity index (χ0n) is 16.7. The van der Waals surface area contributed by atoms with E-state index < -0.39 is 29.6 Å². The van der Waals surface area contributed by atoms with Gasteiger partial charge in [0.2, 0.25) is 0 Å². The number of nitrogens with zero attached hydrogens (tertiary/aromatic N) is 3. The lowest BCUT2D eigenvalue weighted by molar-refractivity contribution is -0.143. The molecule has 0 fully saturated rings. The molecule has 0 saturated carbocycles. The van der Waals surface area contributed by atoms with E-state index >= 15 is 0 Å². The van der Waals surface area contributed by atoms with E-state index in [4.69, 9.17) is 21.1 Å². The Kier molecular flexibility index (Phi) is 6.40. The van der Waals surface area contributed by atoms with E-state index in [0.717, 1.165) is 12.1 Å². The van der Waals surface area contributed by atoms with Crippen LogP contribution in [-0.4, -0.2) is 33.8 Å². The predicted octanol–water partition coefficient (Wildman–Crippen LogP) is 2.38. The van der Waals surface area contributed by atoms with Crippen LogP contribution in [0.15, 0.2) is 46.1 Å². The fourth-order valence-electron chi connectivity index (χ4n) is 2.59. The summed E-state index contributed by atoms with van der Waals surface area (Å²) >= 11 is 6.11. The van der Waals surface area contributed by atoms with Crippen molar-refractivity contribution < 1.29 is 23.4 Å². The summed E-state index contributed by atoms with van der Waals surface area (Å²) in [6.07, 6.45) is 1.41. The number of hydrogen-bond acceptors (Lipinski definition) is 7. The highest BCUT2D eigenvalue weighted by atomic mass is 35.5. The minimum absolute atomic E-state index is 0.0433. The molecule has 0 bridgehead atoms. The van der Waals surface area contributed by atoms with Crippen molar-refractivity contribution in [3.63, 3.8) is 0 Å². The largest absolute Gasteiger partial charge is 0.466 e. The molecule has 0 saturated heterocycles. The number of pyridine rings is 1. The predicted molar refractivity (Wildman–Crippen MR) is 109 cm³/mol. The third-order valence-corrected chi connectivity index (χ3v) is 4.61. The van der Waals surface area contributed by atoms with Crippen LogP contribution in [0.5, 0.6) is 17.4 Å². The smallest absolute Gasteiger partial charge is 0.343 e. The lowest BCUT2D eigenvalue weighted by Gasteiger charge is -2.14. The molecule has 162 valence electrons. The lowest BCUT2D eigenvalue weighted by atomic mass is 10.2. The molecule has 0 atom stereocenters. The molecular weight excluding hydrogens is 433 g/mol. The van der Waals surface area contributed by atoms with Crippen molar-refractivity contribution in [1.29, 1.82) is 0 Å². The molecule has 0 amide bonds. The minimum Gasteiger partial charge on any atom is -0.466 e. The van der Waals surface area contributed by atoms with Gasteiger partial charge in [-0.2, -0.15) is 0 Å². The molecule has 9 nitrogen and oxygen atoms in total. The number of methoxy groups -OCH3 is 1. The Morgan fingerprint density at radius 1 is 1.23 bits per heavy atom. The van der Waals surface area contributed by atoms with Crippen LogP contribution in [0.25, 0.3) is 5.69 Å². The number of halogens is 2. The van der Waals surface area contributed by atoms with Crippen molar-refractivity contribution in [3.8, 4) is 23.1 Å². The molecule has 1 aromatic carbocycles. The maximum Gasteiger partial charge on any atom is 0.343 e. The summed E-state index contributed by atoms with van der Waals surface area (Å²) in [6.45, 7) is 1.17. The Balaban J connectivity index is 2.05. The molecule has 0 N–H and O–H groups in total. The molecule has 11 heteroatoms. The molecule has 31 heavy (non-hydrogen) atoms. The van der Waals surface area contributed by atoms with Crippen LogP contribution in [-0.2, 0) is 16.6 Å². The third kappa shape index (κ3) is 4.58. The van der Waals surface area contributed by atoms with Crippen LogP contribution in [0.2, 0.25) is 5.02 Å². The lowest BCUT2D eigenvalue weighted by Crippen LogP contribution is -2.38. The van der Waals surface area contributed by atoms with Gasteiger partial charge in [0, 0.05) is 31.1 Å². The molecule has 0 aliphatic carbocycles. The summed E-state index contributed by atoms with van der Waals surface area (Å²) in [5.74, 6) is -1.57. The normalized spacial score (nSPS) is 10.6. The van der Waals surface area contributed by atoms with E-state index in [2.05, 4.69) is 9.72 Å². The first-order chi connectivity index (χ1) is 14.7. The Bertz CT molecular complexity index is 1270. The standard InChI is InChI=1S/C20H17ClFN3O6/c1-11-7-17(26)25(20(28)24(11)2)14-9-16(12(21)8-13(14)22)31-15-5-4-6-23-19(15)30-10-18(27)29-3/h4-9H,10H2,1-3H3. The van der Waals surface area contributed by atoms with E-state index in [0.29, 0.717) is 10.3 Å². The van der Waals surface area contributed by atoms with Gasteiger partial charge in [-0.15, -0.1) is 0 Å². The molecule has 2 heterocycles. The molecule has 0 unspecified atom stereocenters. The first kappa shape index (κ1) is 22.0. The molecule has 0 radical (unpaired) electrons. The second-order valence-corrected chi connectivity index (χ2v) is 6.72. The molecule has 2 aromatic heterocycles. The fraction of sp³-hybridized carbons (Fsp3) is 0.200. The molecule has 0 spiro atoms. The van der Waals surface area contributed by atoms with Crippen molar-refractivity contribution in [3.05, 3.63) is 73.9 Å². The van der Waals surface area contributed by atoms with E-state index in [-0.39, 0.29) is 28.1 Å². The van der Waals surface area contributed by atoms with Crippen molar-refractivity contribution in [2.45, 2.75) is 6.92 Å². The van der Waals surface area contributed by atoms with Crippen molar-refractivity contribution in [1.82, 2.24) is 14.1 Å². The first-order valence-electron chi connectivity index (χ1n) is 8.84. The Morgan fingerprint density at radius 3 is 2.68 bits per heavy atom. The summed E-state index contributed by atoms with van der Waals surface area (Å²) < 4.78 is 32.0. The molecule has 0 aliphatic heterocycles. The van der Waals surface area contributed by atoms with Crippen LogP contribution in [0.3, 0.4) is 0 Å². The van der Waals surface area contributed by atoms with Gasteiger partial charge in [-0.25, -0.2) is 23.5 Å². The maximum absolute atomic E-state index is 14.6. The number of aromatic nitrogens is 3. The van der Waals surface area contributed by atoms with E-state index in [1.54, 1.807) is 13.0 Å². The molecule has 0 aliphatic rings. The average molecular weight is 450 g/mol. The van der Waals surface area contributed by atoms with Crippen molar-refractivity contribution in [2.24, 2.45) is 7.05 Å². The molecule has 3 rings (SSSR count). The number of carbonyl (C=O) groups excluding carboxylic acids is 1. The van der Waals surface area contributed by atoms with Crippen molar-refractivity contribution >= 4 is 17.6 Å². The number of carbonyl (C=O) groups is 1. The Labute approximate surface area is 180 Å². The highest BCUT2D eigenvalue weighted by molar-refractivity contribution is 6.32. The SMILES string of the molecule is COC(=O)COc1ncccc1Oc1cc(-n2c(=O)cc(C)n(C)c2=O)c(F)cc1Cl. The summed E-state index contributed by atoms with van der Waals surface area (Å²) in [7, 11) is 2.66. The first-order valence-corrected chi connectivity index (χ1v) is 9.22. The number of ether oxygens (including phenoxy) is 3. The zero-order valence-corrected chi connectivity index (χ0v) is 17.5.